The lowest BCUT2D eigenvalue weighted by atomic mass is 10.1. The minimum Gasteiger partial charge on any atom is -0.449 e. The van der Waals surface area contributed by atoms with Crippen molar-refractivity contribution in [2.75, 3.05) is 5.75 Å². The van der Waals surface area contributed by atoms with Crippen LogP contribution in [0.15, 0.2) is 53.4 Å². The predicted octanol–water partition coefficient (Wildman–Crippen LogP) is 3.54. The number of esters is 1. The van der Waals surface area contributed by atoms with Gasteiger partial charge in [0.05, 0.1) is 11.3 Å². The summed E-state index contributed by atoms with van der Waals surface area (Å²) in [5.41, 5.74) is 2.47. The number of rotatable bonds is 8. The van der Waals surface area contributed by atoms with Crippen molar-refractivity contribution in [1.29, 1.82) is 0 Å². The van der Waals surface area contributed by atoms with Gasteiger partial charge in [-0.2, -0.15) is 0 Å². The largest absolute Gasteiger partial charge is 0.449 e. The maximum atomic E-state index is 12.4. The van der Waals surface area contributed by atoms with E-state index >= 15 is 0 Å². The molecule has 0 heterocycles. The first-order valence-corrected chi connectivity index (χ1v) is 9.61. The van der Waals surface area contributed by atoms with Gasteiger partial charge in [0, 0.05) is 11.4 Å². The number of benzene rings is 2. The molecule has 1 N–H and O–H groups in total. The van der Waals surface area contributed by atoms with E-state index in [1.807, 2.05) is 31.2 Å². The van der Waals surface area contributed by atoms with Crippen molar-refractivity contribution >= 4 is 29.4 Å². The Labute approximate surface area is 163 Å². The smallest absolute Gasteiger partial charge is 0.340 e. The lowest BCUT2D eigenvalue weighted by molar-refractivity contribution is -0.129. The first-order valence-electron chi connectivity index (χ1n) is 8.62. The van der Waals surface area contributed by atoms with Crippen molar-refractivity contribution in [3.63, 3.8) is 0 Å². The van der Waals surface area contributed by atoms with E-state index in [0.29, 0.717) is 17.0 Å². The van der Waals surface area contributed by atoms with E-state index in [2.05, 4.69) is 5.32 Å². The monoisotopic (exact) mass is 385 g/mol. The van der Waals surface area contributed by atoms with Crippen LogP contribution < -0.4 is 5.32 Å². The van der Waals surface area contributed by atoms with Gasteiger partial charge in [-0.3, -0.25) is 9.59 Å². The van der Waals surface area contributed by atoms with Gasteiger partial charge in [-0.05, 0) is 38.5 Å². The number of thioether (sulfide) groups is 1. The first kappa shape index (κ1) is 20.7. The standard InChI is InChI=1S/C21H23NO4S/c1-14-8-10-17(11-9-14)12-22-20(24)16(3)26-21(25)18-6-4-5-7-19(18)27-13-15(2)23/h4-11,16H,12-13H2,1-3H3,(H,22,24)/t16-/m1/s1. The topological polar surface area (TPSA) is 72.5 Å². The number of carbonyl (C=O) groups excluding carboxylic acids is 3. The van der Waals surface area contributed by atoms with Crippen LogP contribution in [-0.4, -0.2) is 29.5 Å². The average molecular weight is 385 g/mol. The molecule has 0 aliphatic rings. The van der Waals surface area contributed by atoms with E-state index in [1.165, 1.54) is 25.6 Å². The zero-order chi connectivity index (χ0) is 19.8. The average Bonchev–Trinajstić information content (AvgIpc) is 2.65. The Morgan fingerprint density at radius 2 is 1.74 bits per heavy atom. The maximum absolute atomic E-state index is 12.4. The minimum absolute atomic E-state index is 0.0204. The highest BCUT2D eigenvalue weighted by atomic mass is 32.2. The summed E-state index contributed by atoms with van der Waals surface area (Å²) in [6.07, 6.45) is -0.922. The molecule has 142 valence electrons. The Morgan fingerprint density at radius 1 is 1.07 bits per heavy atom. The van der Waals surface area contributed by atoms with Gasteiger partial charge in [0.15, 0.2) is 6.10 Å². The number of aryl methyl sites for hydroxylation is 1. The molecule has 6 heteroatoms. The SMILES string of the molecule is CC(=O)CSc1ccccc1C(=O)O[C@H](C)C(=O)NCc1ccc(C)cc1. The van der Waals surface area contributed by atoms with Gasteiger partial charge in [0.1, 0.15) is 5.78 Å². The number of ketones is 1. The van der Waals surface area contributed by atoms with Crippen molar-refractivity contribution in [2.45, 2.75) is 38.3 Å². The van der Waals surface area contributed by atoms with Crippen LogP contribution in [0.2, 0.25) is 0 Å². The van der Waals surface area contributed by atoms with Gasteiger partial charge in [-0.25, -0.2) is 4.79 Å². The number of nitrogens with one attached hydrogen (secondary N) is 1. The number of Topliss-reactive ketones (excluding diaryl/α,β-unsaturated/α-hetero) is 1. The molecule has 0 spiro atoms. The fourth-order valence-electron chi connectivity index (χ4n) is 2.26. The van der Waals surface area contributed by atoms with Crippen LogP contribution in [0.3, 0.4) is 0 Å². The summed E-state index contributed by atoms with van der Waals surface area (Å²) in [6, 6.07) is 14.7. The molecule has 2 aromatic carbocycles. The van der Waals surface area contributed by atoms with Crippen LogP contribution >= 0.6 is 11.8 Å². The van der Waals surface area contributed by atoms with Gasteiger partial charge in [-0.1, -0.05) is 42.0 Å². The Kier molecular flexibility index (Phi) is 7.61. The molecule has 0 aliphatic heterocycles. The number of ether oxygens (including phenoxy) is 1. The van der Waals surface area contributed by atoms with Crippen LogP contribution in [0.4, 0.5) is 0 Å². The zero-order valence-electron chi connectivity index (χ0n) is 15.7. The maximum Gasteiger partial charge on any atom is 0.340 e. The van der Waals surface area contributed by atoms with E-state index in [4.69, 9.17) is 4.74 Å². The molecule has 0 saturated carbocycles. The van der Waals surface area contributed by atoms with E-state index < -0.39 is 12.1 Å². The highest BCUT2D eigenvalue weighted by Gasteiger charge is 2.20. The molecule has 5 nitrogen and oxygen atoms in total. The second kappa shape index (κ2) is 9.92. The predicted molar refractivity (Wildman–Crippen MR) is 106 cm³/mol. The summed E-state index contributed by atoms with van der Waals surface area (Å²) in [6.45, 7) is 5.39. The first-order chi connectivity index (χ1) is 12.9. The summed E-state index contributed by atoms with van der Waals surface area (Å²) in [4.78, 5) is 36.5. The fourth-order valence-corrected chi connectivity index (χ4v) is 3.10. The molecule has 27 heavy (non-hydrogen) atoms. The molecule has 0 radical (unpaired) electrons. The van der Waals surface area contributed by atoms with Crippen molar-refractivity contribution in [3.8, 4) is 0 Å². The third-order valence-corrected chi connectivity index (χ3v) is 5.00. The van der Waals surface area contributed by atoms with E-state index in [1.54, 1.807) is 24.3 Å². The zero-order valence-corrected chi connectivity index (χ0v) is 16.5. The Hall–Kier alpha value is -2.60. The minimum atomic E-state index is -0.922. The molecule has 0 saturated heterocycles. The molecule has 0 fully saturated rings. The molecule has 1 atom stereocenters. The van der Waals surface area contributed by atoms with Crippen LogP contribution in [0, 0.1) is 6.92 Å². The second-order valence-electron chi connectivity index (χ2n) is 6.24. The number of hydrogen-bond donors (Lipinski definition) is 1. The lowest BCUT2D eigenvalue weighted by Crippen LogP contribution is -2.35. The lowest BCUT2D eigenvalue weighted by Gasteiger charge is -2.15. The van der Waals surface area contributed by atoms with Crippen LogP contribution in [0.5, 0.6) is 0 Å². The van der Waals surface area contributed by atoms with Gasteiger partial charge in [-0.15, -0.1) is 11.8 Å². The molecule has 0 aliphatic carbocycles. The Morgan fingerprint density at radius 3 is 2.41 bits per heavy atom. The summed E-state index contributed by atoms with van der Waals surface area (Å²) in [7, 11) is 0. The normalized spacial score (nSPS) is 11.5. The highest BCUT2D eigenvalue weighted by Crippen LogP contribution is 2.23. The molecular formula is C21H23NO4S. The second-order valence-corrected chi connectivity index (χ2v) is 7.25. The Bertz CT molecular complexity index is 817. The summed E-state index contributed by atoms with van der Waals surface area (Å²) < 4.78 is 5.30. The highest BCUT2D eigenvalue weighted by molar-refractivity contribution is 8.00. The third kappa shape index (κ3) is 6.57. The molecule has 0 bridgehead atoms. The number of amides is 1. The summed E-state index contributed by atoms with van der Waals surface area (Å²) >= 11 is 1.28. The van der Waals surface area contributed by atoms with Gasteiger partial charge in [0.2, 0.25) is 0 Å². The fraction of sp³-hybridized carbons (Fsp3) is 0.286. The Balaban J connectivity index is 1.93. The number of carbonyl (C=O) groups is 3. The molecule has 0 aromatic heterocycles. The van der Waals surface area contributed by atoms with Gasteiger partial charge in [0.25, 0.3) is 5.91 Å². The van der Waals surface area contributed by atoms with Crippen molar-refractivity contribution in [3.05, 3.63) is 65.2 Å². The molecule has 2 rings (SSSR count). The number of hydrogen-bond acceptors (Lipinski definition) is 5. The molecule has 0 unspecified atom stereocenters. The molecular weight excluding hydrogens is 362 g/mol. The van der Waals surface area contributed by atoms with Crippen molar-refractivity contribution in [1.82, 2.24) is 5.32 Å². The van der Waals surface area contributed by atoms with Crippen LogP contribution in [-0.2, 0) is 20.9 Å². The van der Waals surface area contributed by atoms with Gasteiger partial charge < -0.3 is 10.1 Å². The third-order valence-electron chi connectivity index (χ3n) is 3.78. The van der Waals surface area contributed by atoms with Crippen molar-refractivity contribution in [2.24, 2.45) is 0 Å². The molecule has 2 aromatic rings. The summed E-state index contributed by atoms with van der Waals surface area (Å²) in [5.74, 6) is -0.652. The molecule has 1 amide bonds. The summed E-state index contributed by atoms with van der Waals surface area (Å²) in [5, 5.41) is 2.76. The van der Waals surface area contributed by atoms with Crippen LogP contribution in [0.1, 0.15) is 35.3 Å². The van der Waals surface area contributed by atoms with Crippen molar-refractivity contribution < 1.29 is 19.1 Å². The van der Waals surface area contributed by atoms with E-state index in [9.17, 15) is 14.4 Å². The van der Waals surface area contributed by atoms with E-state index in [0.717, 1.165) is 11.1 Å². The van der Waals surface area contributed by atoms with E-state index in [-0.39, 0.29) is 17.4 Å². The quantitative estimate of drug-likeness (QED) is 0.556. The van der Waals surface area contributed by atoms with Gasteiger partial charge >= 0.3 is 5.97 Å². The van der Waals surface area contributed by atoms with Crippen LogP contribution in [0.25, 0.3) is 0 Å².